The van der Waals surface area contributed by atoms with Crippen LogP contribution in [0.25, 0.3) is 6.08 Å². The monoisotopic (exact) mass is 400 g/mol. The minimum Gasteiger partial charge on any atom is -0.457 e. The van der Waals surface area contributed by atoms with E-state index in [9.17, 15) is 4.79 Å². The molecule has 3 rings (SSSR count). The van der Waals surface area contributed by atoms with Gasteiger partial charge in [0.1, 0.15) is 17.2 Å². The summed E-state index contributed by atoms with van der Waals surface area (Å²) in [4.78, 5) is 12.8. The van der Waals surface area contributed by atoms with E-state index in [1.807, 2.05) is 42.5 Å². The van der Waals surface area contributed by atoms with Gasteiger partial charge in [-0.2, -0.15) is 0 Å². The second kappa shape index (κ2) is 7.95. The zero-order valence-corrected chi connectivity index (χ0v) is 14.9. The molecule has 0 fully saturated rings. The van der Waals surface area contributed by atoms with Crippen molar-refractivity contribution in [2.75, 3.05) is 0 Å². The largest absolute Gasteiger partial charge is 0.457 e. The van der Waals surface area contributed by atoms with Gasteiger partial charge < -0.3 is 9.47 Å². The van der Waals surface area contributed by atoms with Crippen molar-refractivity contribution in [2.45, 2.75) is 0 Å². The molecule has 0 radical (unpaired) electrons. The summed E-state index contributed by atoms with van der Waals surface area (Å²) in [7, 11) is 0. The van der Waals surface area contributed by atoms with Gasteiger partial charge in [0.05, 0.1) is 3.79 Å². The van der Waals surface area contributed by atoms with Crippen molar-refractivity contribution in [1.29, 1.82) is 0 Å². The summed E-state index contributed by atoms with van der Waals surface area (Å²) < 4.78 is 12.0. The standard InChI is InChI=1S/C19H13BrO3S/c20-18-12-10-17(24-18)11-13-19(21)23-16-8-6-15(7-9-16)22-14-4-2-1-3-5-14/h1-13H. The van der Waals surface area contributed by atoms with Gasteiger partial charge in [-0.25, -0.2) is 4.79 Å². The highest BCUT2D eigenvalue weighted by Crippen LogP contribution is 2.24. The van der Waals surface area contributed by atoms with Gasteiger partial charge in [0.15, 0.2) is 0 Å². The second-order valence-corrected chi connectivity index (χ2v) is 7.28. The summed E-state index contributed by atoms with van der Waals surface area (Å²) in [5.41, 5.74) is 0. The Morgan fingerprint density at radius 1 is 0.875 bits per heavy atom. The number of carbonyl (C=O) groups excluding carboxylic acids is 1. The smallest absolute Gasteiger partial charge is 0.336 e. The first kappa shape index (κ1) is 16.5. The number of esters is 1. The third-order valence-corrected chi connectivity index (χ3v) is 4.59. The van der Waals surface area contributed by atoms with E-state index in [2.05, 4.69) is 15.9 Å². The van der Waals surface area contributed by atoms with Crippen LogP contribution in [0.3, 0.4) is 0 Å². The lowest BCUT2D eigenvalue weighted by atomic mass is 10.3. The fraction of sp³-hybridized carbons (Fsp3) is 0. The molecule has 120 valence electrons. The van der Waals surface area contributed by atoms with Crippen molar-refractivity contribution < 1.29 is 14.3 Å². The second-order valence-electron chi connectivity index (χ2n) is 4.78. The van der Waals surface area contributed by atoms with Crippen LogP contribution in [0.1, 0.15) is 4.88 Å². The maximum absolute atomic E-state index is 11.8. The zero-order valence-electron chi connectivity index (χ0n) is 12.5. The fourth-order valence-electron chi connectivity index (χ4n) is 1.92. The molecule has 0 saturated carbocycles. The van der Waals surface area contributed by atoms with E-state index >= 15 is 0 Å². The minimum absolute atomic E-state index is 0.420. The quantitative estimate of drug-likeness (QED) is 0.302. The number of ether oxygens (including phenoxy) is 2. The molecule has 24 heavy (non-hydrogen) atoms. The molecule has 0 N–H and O–H groups in total. The van der Waals surface area contributed by atoms with Crippen molar-refractivity contribution in [1.82, 2.24) is 0 Å². The van der Waals surface area contributed by atoms with Crippen LogP contribution in [0.5, 0.6) is 17.2 Å². The van der Waals surface area contributed by atoms with Crippen LogP contribution >= 0.6 is 27.3 Å². The SMILES string of the molecule is O=C(C=Cc1ccc(Br)s1)Oc1ccc(Oc2ccccc2)cc1. The molecule has 2 aromatic carbocycles. The lowest BCUT2D eigenvalue weighted by Gasteiger charge is -2.06. The summed E-state index contributed by atoms with van der Waals surface area (Å²) in [6, 6.07) is 20.3. The van der Waals surface area contributed by atoms with Crippen molar-refractivity contribution in [2.24, 2.45) is 0 Å². The number of hydrogen-bond donors (Lipinski definition) is 0. The van der Waals surface area contributed by atoms with E-state index in [1.165, 1.54) is 6.08 Å². The molecule has 0 amide bonds. The highest BCUT2D eigenvalue weighted by atomic mass is 79.9. The molecular weight excluding hydrogens is 388 g/mol. The molecule has 0 aliphatic heterocycles. The lowest BCUT2D eigenvalue weighted by Crippen LogP contribution is -2.03. The number of carbonyl (C=O) groups is 1. The summed E-state index contributed by atoms with van der Waals surface area (Å²) in [6.45, 7) is 0. The molecule has 0 atom stereocenters. The average Bonchev–Trinajstić information content (AvgIpc) is 3.01. The predicted molar refractivity (Wildman–Crippen MR) is 99.6 cm³/mol. The highest BCUT2D eigenvalue weighted by molar-refractivity contribution is 9.11. The summed E-state index contributed by atoms with van der Waals surface area (Å²) in [5, 5.41) is 0. The first-order chi connectivity index (χ1) is 11.7. The third kappa shape index (κ3) is 4.81. The Kier molecular flexibility index (Phi) is 5.46. The normalized spacial score (nSPS) is 10.7. The number of hydrogen-bond acceptors (Lipinski definition) is 4. The number of benzene rings is 2. The number of para-hydroxylation sites is 1. The van der Waals surface area contributed by atoms with Gasteiger partial charge >= 0.3 is 5.97 Å². The molecular formula is C19H13BrO3S. The van der Waals surface area contributed by atoms with E-state index in [-0.39, 0.29) is 0 Å². The van der Waals surface area contributed by atoms with Crippen LogP contribution in [-0.2, 0) is 4.79 Å². The van der Waals surface area contributed by atoms with E-state index < -0.39 is 5.97 Å². The van der Waals surface area contributed by atoms with Crippen LogP contribution in [0.15, 0.2) is 76.6 Å². The van der Waals surface area contributed by atoms with Gasteiger partial charge in [-0.05, 0) is 70.5 Å². The van der Waals surface area contributed by atoms with E-state index in [4.69, 9.17) is 9.47 Å². The Morgan fingerprint density at radius 3 is 2.21 bits per heavy atom. The van der Waals surface area contributed by atoms with Crippen LogP contribution in [0.2, 0.25) is 0 Å². The van der Waals surface area contributed by atoms with Gasteiger partial charge in [-0.3, -0.25) is 0 Å². The van der Waals surface area contributed by atoms with Crippen molar-refractivity contribution >= 4 is 39.3 Å². The van der Waals surface area contributed by atoms with Crippen molar-refractivity contribution in [3.63, 3.8) is 0 Å². The molecule has 0 saturated heterocycles. The summed E-state index contributed by atoms with van der Waals surface area (Å²) in [5.74, 6) is 1.49. The topological polar surface area (TPSA) is 35.5 Å². The maximum Gasteiger partial charge on any atom is 0.336 e. The van der Waals surface area contributed by atoms with Gasteiger partial charge in [-0.15, -0.1) is 11.3 Å². The Bertz CT molecular complexity index is 839. The van der Waals surface area contributed by atoms with E-state index in [1.54, 1.807) is 41.7 Å². The van der Waals surface area contributed by atoms with Crippen LogP contribution in [0, 0.1) is 0 Å². The average molecular weight is 401 g/mol. The third-order valence-electron chi connectivity index (χ3n) is 3.00. The van der Waals surface area contributed by atoms with Crippen LogP contribution in [0.4, 0.5) is 0 Å². The highest BCUT2D eigenvalue weighted by Gasteiger charge is 2.03. The molecule has 0 unspecified atom stereocenters. The Balaban J connectivity index is 1.57. The zero-order chi connectivity index (χ0) is 16.8. The first-order valence-corrected chi connectivity index (χ1v) is 8.78. The van der Waals surface area contributed by atoms with Crippen LogP contribution in [-0.4, -0.2) is 5.97 Å². The molecule has 0 aliphatic rings. The lowest BCUT2D eigenvalue weighted by molar-refractivity contribution is -0.128. The molecule has 3 aromatic rings. The predicted octanol–water partition coefficient (Wildman–Crippen LogP) is 5.92. The van der Waals surface area contributed by atoms with Gasteiger partial charge in [0.25, 0.3) is 0 Å². The Labute approximate surface area is 152 Å². The molecule has 5 heteroatoms. The molecule has 0 bridgehead atoms. The van der Waals surface area contributed by atoms with Crippen molar-refractivity contribution in [3.05, 3.63) is 81.5 Å². The van der Waals surface area contributed by atoms with Gasteiger partial charge in [-0.1, -0.05) is 18.2 Å². The minimum atomic E-state index is -0.420. The Morgan fingerprint density at radius 2 is 1.54 bits per heavy atom. The molecule has 1 aromatic heterocycles. The molecule has 0 aliphatic carbocycles. The molecule has 3 nitrogen and oxygen atoms in total. The number of halogens is 1. The Hall–Kier alpha value is -2.37. The van der Waals surface area contributed by atoms with E-state index in [0.717, 1.165) is 14.4 Å². The molecule has 0 spiro atoms. The van der Waals surface area contributed by atoms with Gasteiger partial charge in [0, 0.05) is 11.0 Å². The maximum atomic E-state index is 11.8. The van der Waals surface area contributed by atoms with Crippen molar-refractivity contribution in [3.8, 4) is 17.2 Å². The van der Waals surface area contributed by atoms with Gasteiger partial charge in [0.2, 0.25) is 0 Å². The summed E-state index contributed by atoms with van der Waals surface area (Å²) >= 11 is 4.92. The number of rotatable bonds is 5. The number of thiophene rings is 1. The summed E-state index contributed by atoms with van der Waals surface area (Å²) in [6.07, 6.45) is 3.14. The first-order valence-electron chi connectivity index (χ1n) is 7.17. The van der Waals surface area contributed by atoms with E-state index in [0.29, 0.717) is 11.5 Å². The van der Waals surface area contributed by atoms with Crippen LogP contribution < -0.4 is 9.47 Å². The fourth-order valence-corrected chi connectivity index (χ4v) is 3.24. The molecule has 1 heterocycles.